The summed E-state index contributed by atoms with van der Waals surface area (Å²) in [5, 5.41) is 2.85. The largest absolute Gasteiger partial charge is 0.376 e. The van der Waals surface area contributed by atoms with Gasteiger partial charge in [0.25, 0.3) is 0 Å². The van der Waals surface area contributed by atoms with Crippen molar-refractivity contribution >= 4 is 33.2 Å². The Labute approximate surface area is 110 Å². The van der Waals surface area contributed by atoms with Gasteiger partial charge in [-0.25, -0.2) is 0 Å². The van der Waals surface area contributed by atoms with E-state index in [0.29, 0.717) is 6.42 Å². The van der Waals surface area contributed by atoms with Crippen LogP contribution >= 0.6 is 15.9 Å². The molecule has 0 heterocycles. The second-order valence-electron chi connectivity index (χ2n) is 4.06. The molecule has 0 unspecified atom stereocenters. The Kier molecular flexibility index (Phi) is 4.96. The average molecular weight is 300 g/mol. The summed E-state index contributed by atoms with van der Waals surface area (Å²) in [5.74, 6) is -0.159. The topological polar surface area (TPSA) is 58.4 Å². The molecule has 3 N–H and O–H groups in total. The minimum absolute atomic E-state index is 0.159. The summed E-state index contributed by atoms with van der Waals surface area (Å²) >= 11 is 3.39. The van der Waals surface area contributed by atoms with Crippen LogP contribution in [0.15, 0.2) is 22.7 Å². The van der Waals surface area contributed by atoms with Crippen LogP contribution in [0.4, 0.5) is 11.4 Å². The molecule has 0 aliphatic heterocycles. The number of anilines is 2. The van der Waals surface area contributed by atoms with Crippen LogP contribution < -0.4 is 16.0 Å². The molecule has 0 bridgehead atoms. The third kappa shape index (κ3) is 3.71. The Hall–Kier alpha value is -1.07. The number of nitrogens with zero attached hydrogens (tertiary/aromatic N) is 1. The Morgan fingerprint density at radius 2 is 2.18 bits per heavy atom. The first-order valence-corrected chi connectivity index (χ1v) is 6.28. The zero-order valence-electron chi connectivity index (χ0n) is 10.3. The van der Waals surface area contributed by atoms with E-state index in [0.717, 1.165) is 15.8 Å². The summed E-state index contributed by atoms with van der Waals surface area (Å²) in [5.41, 5.74) is 7.40. The van der Waals surface area contributed by atoms with E-state index in [4.69, 9.17) is 5.73 Å². The van der Waals surface area contributed by atoms with Gasteiger partial charge in [-0.1, -0.05) is 22.9 Å². The number of halogens is 1. The Morgan fingerprint density at radius 3 is 2.71 bits per heavy atom. The van der Waals surface area contributed by atoms with Crippen LogP contribution in [0.3, 0.4) is 0 Å². The monoisotopic (exact) mass is 299 g/mol. The minimum Gasteiger partial charge on any atom is -0.376 e. The van der Waals surface area contributed by atoms with Crippen LogP contribution in [0.5, 0.6) is 0 Å². The maximum atomic E-state index is 11.8. The highest BCUT2D eigenvalue weighted by atomic mass is 79.9. The first kappa shape index (κ1) is 14.0. The molecule has 4 nitrogen and oxygen atoms in total. The van der Waals surface area contributed by atoms with Crippen LogP contribution in [0.2, 0.25) is 0 Å². The van der Waals surface area contributed by atoms with Crippen molar-refractivity contribution in [2.75, 3.05) is 24.3 Å². The second kappa shape index (κ2) is 6.02. The minimum atomic E-state index is -0.469. The van der Waals surface area contributed by atoms with Crippen LogP contribution in [0.1, 0.15) is 13.3 Å². The van der Waals surface area contributed by atoms with E-state index in [-0.39, 0.29) is 5.91 Å². The molecule has 17 heavy (non-hydrogen) atoms. The quantitative estimate of drug-likeness (QED) is 0.896. The van der Waals surface area contributed by atoms with Crippen LogP contribution in [0.25, 0.3) is 0 Å². The van der Waals surface area contributed by atoms with Crippen molar-refractivity contribution in [3.05, 3.63) is 22.7 Å². The van der Waals surface area contributed by atoms with Crippen molar-refractivity contribution in [3.8, 4) is 0 Å². The molecule has 0 fully saturated rings. The van der Waals surface area contributed by atoms with Gasteiger partial charge in [0.15, 0.2) is 0 Å². The standard InChI is InChI=1S/C12H18BrN3O/c1-4-9(14)12(17)15-10-7-8(13)5-6-11(10)16(2)3/h5-7,9H,4,14H2,1-3H3,(H,15,17)/t9-/m1/s1. The van der Waals surface area contributed by atoms with Gasteiger partial charge in [0, 0.05) is 18.6 Å². The number of carbonyl (C=O) groups is 1. The zero-order chi connectivity index (χ0) is 13.0. The summed E-state index contributed by atoms with van der Waals surface area (Å²) in [4.78, 5) is 13.7. The molecule has 94 valence electrons. The van der Waals surface area contributed by atoms with Gasteiger partial charge in [-0.3, -0.25) is 4.79 Å². The number of amides is 1. The molecule has 0 aliphatic rings. The van der Waals surface area contributed by atoms with Crippen molar-refractivity contribution in [1.82, 2.24) is 0 Å². The summed E-state index contributed by atoms with van der Waals surface area (Å²) in [6, 6.07) is 5.28. The molecule has 5 heteroatoms. The van der Waals surface area contributed by atoms with Crippen LogP contribution in [0, 0.1) is 0 Å². The molecule has 0 saturated heterocycles. The maximum Gasteiger partial charge on any atom is 0.241 e. The fraction of sp³-hybridized carbons (Fsp3) is 0.417. The molecule has 0 aliphatic carbocycles. The van der Waals surface area contributed by atoms with Crippen molar-refractivity contribution in [2.45, 2.75) is 19.4 Å². The molecule has 1 aromatic rings. The highest BCUT2D eigenvalue weighted by molar-refractivity contribution is 9.10. The van der Waals surface area contributed by atoms with E-state index < -0.39 is 6.04 Å². The molecule has 0 saturated carbocycles. The van der Waals surface area contributed by atoms with Crippen molar-refractivity contribution < 1.29 is 4.79 Å². The third-order valence-corrected chi connectivity index (χ3v) is 2.97. The summed E-state index contributed by atoms with van der Waals surface area (Å²) in [7, 11) is 3.86. The van der Waals surface area contributed by atoms with E-state index in [9.17, 15) is 4.79 Å². The molecule has 1 amide bonds. The lowest BCUT2D eigenvalue weighted by Gasteiger charge is -2.19. The van der Waals surface area contributed by atoms with E-state index in [2.05, 4.69) is 21.2 Å². The summed E-state index contributed by atoms with van der Waals surface area (Å²) in [6.45, 7) is 1.89. The predicted octanol–water partition coefficient (Wildman–Crippen LogP) is 2.19. The highest BCUT2D eigenvalue weighted by Gasteiger charge is 2.14. The van der Waals surface area contributed by atoms with E-state index >= 15 is 0 Å². The first-order valence-electron chi connectivity index (χ1n) is 5.49. The summed E-state index contributed by atoms with van der Waals surface area (Å²) in [6.07, 6.45) is 0.622. The molecule has 1 rings (SSSR count). The first-order chi connectivity index (χ1) is 7.95. The van der Waals surface area contributed by atoms with E-state index in [1.807, 2.05) is 44.1 Å². The molecule has 1 aromatic carbocycles. The number of hydrogen-bond acceptors (Lipinski definition) is 3. The van der Waals surface area contributed by atoms with Gasteiger partial charge in [-0.15, -0.1) is 0 Å². The molecule has 0 spiro atoms. The Bertz CT molecular complexity index is 407. The van der Waals surface area contributed by atoms with Crippen molar-refractivity contribution in [1.29, 1.82) is 0 Å². The number of benzene rings is 1. The highest BCUT2D eigenvalue weighted by Crippen LogP contribution is 2.28. The van der Waals surface area contributed by atoms with Crippen molar-refractivity contribution in [3.63, 3.8) is 0 Å². The molecular formula is C12H18BrN3O. The fourth-order valence-electron chi connectivity index (χ4n) is 1.41. The lowest BCUT2D eigenvalue weighted by Crippen LogP contribution is -2.35. The number of carbonyl (C=O) groups excluding carboxylic acids is 1. The predicted molar refractivity (Wildman–Crippen MR) is 75.4 cm³/mol. The van der Waals surface area contributed by atoms with Crippen LogP contribution in [-0.2, 0) is 4.79 Å². The van der Waals surface area contributed by atoms with E-state index in [1.54, 1.807) is 0 Å². The van der Waals surface area contributed by atoms with Gasteiger partial charge in [0.1, 0.15) is 0 Å². The van der Waals surface area contributed by atoms with Crippen molar-refractivity contribution in [2.24, 2.45) is 5.73 Å². The summed E-state index contributed by atoms with van der Waals surface area (Å²) < 4.78 is 0.920. The van der Waals surface area contributed by atoms with Gasteiger partial charge in [-0.2, -0.15) is 0 Å². The van der Waals surface area contributed by atoms with Gasteiger partial charge in [-0.05, 0) is 24.6 Å². The Balaban J connectivity index is 2.96. The zero-order valence-corrected chi connectivity index (χ0v) is 11.9. The SMILES string of the molecule is CC[C@@H](N)C(=O)Nc1cc(Br)ccc1N(C)C. The van der Waals surface area contributed by atoms with Gasteiger partial charge in [0.05, 0.1) is 17.4 Å². The van der Waals surface area contributed by atoms with Crippen LogP contribution in [-0.4, -0.2) is 26.0 Å². The number of hydrogen-bond donors (Lipinski definition) is 2. The fourth-order valence-corrected chi connectivity index (χ4v) is 1.77. The lowest BCUT2D eigenvalue weighted by molar-refractivity contribution is -0.117. The Morgan fingerprint density at radius 1 is 1.53 bits per heavy atom. The third-order valence-electron chi connectivity index (χ3n) is 2.47. The normalized spacial score (nSPS) is 12.1. The number of nitrogens with two attached hydrogens (primary N) is 1. The smallest absolute Gasteiger partial charge is 0.241 e. The number of rotatable bonds is 4. The molecule has 0 radical (unpaired) electrons. The van der Waals surface area contributed by atoms with Gasteiger partial charge >= 0.3 is 0 Å². The van der Waals surface area contributed by atoms with E-state index in [1.165, 1.54) is 0 Å². The average Bonchev–Trinajstić information content (AvgIpc) is 2.27. The molecule has 1 atom stereocenters. The second-order valence-corrected chi connectivity index (χ2v) is 4.98. The van der Waals surface area contributed by atoms with Gasteiger partial charge < -0.3 is 16.0 Å². The lowest BCUT2D eigenvalue weighted by atomic mass is 10.2. The maximum absolute atomic E-state index is 11.8. The molecular weight excluding hydrogens is 282 g/mol. The number of nitrogens with one attached hydrogen (secondary N) is 1. The molecule has 0 aromatic heterocycles. The van der Waals surface area contributed by atoms with Gasteiger partial charge in [0.2, 0.25) is 5.91 Å².